The van der Waals surface area contributed by atoms with Crippen LogP contribution in [0.4, 0.5) is 5.69 Å². The lowest BCUT2D eigenvalue weighted by molar-refractivity contribution is -0.125. The Morgan fingerprint density at radius 1 is 1.10 bits per heavy atom. The second kappa shape index (κ2) is 8.46. The maximum Gasteiger partial charge on any atom is 0.246 e. The Morgan fingerprint density at radius 3 is 2.72 bits per heavy atom. The van der Waals surface area contributed by atoms with Crippen LogP contribution in [0.25, 0.3) is 6.08 Å². The maximum absolute atomic E-state index is 12.7. The molecule has 6 nitrogen and oxygen atoms in total. The first-order valence-corrected chi connectivity index (χ1v) is 9.83. The third-order valence-corrected chi connectivity index (χ3v) is 5.32. The summed E-state index contributed by atoms with van der Waals surface area (Å²) >= 11 is 6.20. The number of anilines is 1. The molecule has 2 aliphatic rings. The van der Waals surface area contributed by atoms with Crippen LogP contribution in [0.15, 0.2) is 42.5 Å². The number of halogens is 1. The van der Waals surface area contributed by atoms with Crippen molar-refractivity contribution in [3.63, 3.8) is 0 Å². The number of benzene rings is 2. The van der Waals surface area contributed by atoms with Crippen molar-refractivity contribution < 1.29 is 14.3 Å². The van der Waals surface area contributed by atoms with E-state index in [4.69, 9.17) is 26.3 Å². The highest BCUT2D eigenvalue weighted by Crippen LogP contribution is 2.40. The van der Waals surface area contributed by atoms with Crippen LogP contribution in [0.5, 0.6) is 11.5 Å². The van der Waals surface area contributed by atoms with Crippen LogP contribution in [-0.2, 0) is 4.79 Å². The molecule has 4 rings (SSSR count). The number of nitriles is 1. The number of nitrogens with zero attached hydrogens (tertiary/aromatic N) is 3. The molecule has 0 radical (unpaired) electrons. The Balaban J connectivity index is 1.39. The van der Waals surface area contributed by atoms with E-state index in [0.717, 1.165) is 30.8 Å². The van der Waals surface area contributed by atoms with Gasteiger partial charge in [0.2, 0.25) is 12.7 Å². The lowest BCUT2D eigenvalue weighted by Crippen LogP contribution is -2.34. The average molecular weight is 410 g/mol. The van der Waals surface area contributed by atoms with Crippen LogP contribution < -0.4 is 14.4 Å². The smallest absolute Gasteiger partial charge is 0.246 e. The molecule has 0 saturated carbocycles. The second-order valence-electron chi connectivity index (χ2n) is 6.89. The summed E-state index contributed by atoms with van der Waals surface area (Å²) in [6.07, 6.45) is 4.21. The molecule has 2 heterocycles. The van der Waals surface area contributed by atoms with Gasteiger partial charge in [-0.15, -0.1) is 0 Å². The Morgan fingerprint density at radius 2 is 1.93 bits per heavy atom. The van der Waals surface area contributed by atoms with Crippen LogP contribution in [0.2, 0.25) is 5.02 Å². The van der Waals surface area contributed by atoms with Gasteiger partial charge >= 0.3 is 0 Å². The monoisotopic (exact) mass is 409 g/mol. The first-order chi connectivity index (χ1) is 14.1. The predicted octanol–water partition coefficient (Wildman–Crippen LogP) is 3.69. The SMILES string of the molecule is N#Cc1ccc(N2CCCN(C(=O)/C=C/c3cc(Cl)c4c(c3)OCO4)CC2)cc1. The molecule has 0 bridgehead atoms. The van der Waals surface area contributed by atoms with E-state index in [2.05, 4.69) is 11.0 Å². The van der Waals surface area contributed by atoms with Crippen molar-refractivity contribution in [3.05, 3.63) is 58.6 Å². The van der Waals surface area contributed by atoms with Gasteiger partial charge in [-0.25, -0.2) is 0 Å². The van der Waals surface area contributed by atoms with Crippen molar-refractivity contribution in [1.29, 1.82) is 5.26 Å². The summed E-state index contributed by atoms with van der Waals surface area (Å²) in [5.74, 6) is 1.11. The van der Waals surface area contributed by atoms with Crippen molar-refractivity contribution >= 4 is 29.3 Å². The third-order valence-electron chi connectivity index (χ3n) is 5.04. The molecule has 148 valence electrons. The normalized spacial score (nSPS) is 16.0. The fourth-order valence-corrected chi connectivity index (χ4v) is 3.77. The minimum absolute atomic E-state index is 0.0273. The van der Waals surface area contributed by atoms with E-state index in [-0.39, 0.29) is 12.7 Å². The number of ether oxygens (including phenoxy) is 2. The molecule has 0 aliphatic carbocycles. The fraction of sp³-hybridized carbons (Fsp3) is 0.273. The van der Waals surface area contributed by atoms with E-state index in [0.29, 0.717) is 35.2 Å². The van der Waals surface area contributed by atoms with Crippen LogP contribution in [0.3, 0.4) is 0 Å². The van der Waals surface area contributed by atoms with Crippen molar-refractivity contribution in [3.8, 4) is 17.6 Å². The first kappa shape index (κ1) is 19.2. The van der Waals surface area contributed by atoms with Crippen LogP contribution in [0.1, 0.15) is 17.5 Å². The summed E-state index contributed by atoms with van der Waals surface area (Å²) in [6.45, 7) is 3.13. The van der Waals surface area contributed by atoms with Gasteiger partial charge in [-0.05, 0) is 54.5 Å². The van der Waals surface area contributed by atoms with E-state index in [1.807, 2.05) is 35.2 Å². The lowest BCUT2D eigenvalue weighted by atomic mass is 10.2. The van der Waals surface area contributed by atoms with Crippen molar-refractivity contribution in [2.24, 2.45) is 0 Å². The van der Waals surface area contributed by atoms with Crippen molar-refractivity contribution in [1.82, 2.24) is 4.90 Å². The molecule has 0 N–H and O–H groups in total. The van der Waals surface area contributed by atoms with Crippen LogP contribution in [-0.4, -0.2) is 43.8 Å². The summed E-state index contributed by atoms with van der Waals surface area (Å²) in [5.41, 5.74) is 2.51. The molecule has 0 aromatic heterocycles. The van der Waals surface area contributed by atoms with Gasteiger partial charge < -0.3 is 19.3 Å². The predicted molar refractivity (Wildman–Crippen MR) is 111 cm³/mol. The fourth-order valence-electron chi connectivity index (χ4n) is 3.50. The highest BCUT2D eigenvalue weighted by atomic mass is 35.5. The highest BCUT2D eigenvalue weighted by molar-refractivity contribution is 6.32. The molecule has 0 atom stereocenters. The molecule has 2 aromatic rings. The van der Waals surface area contributed by atoms with Gasteiger partial charge in [0.25, 0.3) is 0 Å². The largest absolute Gasteiger partial charge is 0.454 e. The summed E-state index contributed by atoms with van der Waals surface area (Å²) in [7, 11) is 0. The van der Waals surface area contributed by atoms with E-state index in [9.17, 15) is 4.79 Å². The molecular formula is C22H20ClN3O3. The molecule has 29 heavy (non-hydrogen) atoms. The average Bonchev–Trinajstić information content (AvgIpc) is 3.08. The lowest BCUT2D eigenvalue weighted by Gasteiger charge is -2.23. The Bertz CT molecular complexity index is 982. The zero-order valence-corrected chi connectivity index (χ0v) is 16.6. The highest BCUT2D eigenvalue weighted by Gasteiger charge is 2.19. The topological polar surface area (TPSA) is 65.8 Å². The molecule has 1 saturated heterocycles. The van der Waals surface area contributed by atoms with Gasteiger partial charge in [0.05, 0.1) is 16.7 Å². The number of fused-ring (bicyclic) bond motifs is 1. The zero-order chi connectivity index (χ0) is 20.2. The summed E-state index contributed by atoms with van der Waals surface area (Å²) in [6, 6.07) is 13.3. The van der Waals surface area contributed by atoms with Crippen LogP contribution in [0, 0.1) is 11.3 Å². The van der Waals surface area contributed by atoms with E-state index in [1.165, 1.54) is 0 Å². The van der Waals surface area contributed by atoms with Crippen molar-refractivity contribution in [2.45, 2.75) is 6.42 Å². The van der Waals surface area contributed by atoms with Gasteiger partial charge in [0, 0.05) is 37.9 Å². The number of rotatable bonds is 3. The zero-order valence-electron chi connectivity index (χ0n) is 15.8. The quantitative estimate of drug-likeness (QED) is 0.723. The molecule has 2 aromatic carbocycles. The minimum Gasteiger partial charge on any atom is -0.454 e. The minimum atomic E-state index is -0.0273. The molecule has 2 aliphatic heterocycles. The van der Waals surface area contributed by atoms with Crippen molar-refractivity contribution in [2.75, 3.05) is 37.9 Å². The summed E-state index contributed by atoms with van der Waals surface area (Å²) in [5, 5.41) is 9.41. The molecule has 0 spiro atoms. The van der Waals surface area contributed by atoms with Gasteiger partial charge in [-0.3, -0.25) is 4.79 Å². The Kier molecular flexibility index (Phi) is 5.59. The standard InChI is InChI=1S/C22H20ClN3O3/c23-19-12-17(13-20-22(19)29-15-28-20)4-7-21(27)26-9-1-8-25(10-11-26)18-5-2-16(14-24)3-6-18/h2-7,12-13H,1,8-11,15H2/b7-4+. The maximum atomic E-state index is 12.7. The Hall–Kier alpha value is -3.17. The van der Waals surface area contributed by atoms with Gasteiger partial charge in [0.1, 0.15) is 0 Å². The van der Waals surface area contributed by atoms with Gasteiger partial charge in [0.15, 0.2) is 11.5 Å². The molecule has 7 heteroatoms. The number of hydrogen-bond donors (Lipinski definition) is 0. The van der Waals surface area contributed by atoms with Gasteiger partial charge in [-0.2, -0.15) is 5.26 Å². The van der Waals surface area contributed by atoms with Crippen LogP contribution >= 0.6 is 11.6 Å². The molecule has 1 fully saturated rings. The number of carbonyl (C=O) groups is 1. The van der Waals surface area contributed by atoms with E-state index >= 15 is 0 Å². The molecule has 1 amide bonds. The Labute approximate surface area is 174 Å². The molecule has 0 unspecified atom stereocenters. The summed E-state index contributed by atoms with van der Waals surface area (Å²) < 4.78 is 10.7. The third kappa shape index (κ3) is 4.30. The number of hydrogen-bond acceptors (Lipinski definition) is 5. The number of amides is 1. The first-order valence-electron chi connectivity index (χ1n) is 9.45. The second-order valence-corrected chi connectivity index (χ2v) is 7.30. The summed E-state index contributed by atoms with van der Waals surface area (Å²) in [4.78, 5) is 16.8. The van der Waals surface area contributed by atoms with Gasteiger partial charge in [-0.1, -0.05) is 11.6 Å². The number of carbonyl (C=O) groups excluding carboxylic acids is 1. The van der Waals surface area contributed by atoms with E-state index < -0.39 is 0 Å². The molecular weight excluding hydrogens is 390 g/mol. The van der Waals surface area contributed by atoms with E-state index in [1.54, 1.807) is 18.2 Å².